The molecule has 0 aliphatic rings. The quantitative estimate of drug-likeness (QED) is 0.325. The van der Waals surface area contributed by atoms with E-state index in [1.165, 1.54) is 16.2 Å². The van der Waals surface area contributed by atoms with Crippen molar-refractivity contribution in [2.45, 2.75) is 20.3 Å². The van der Waals surface area contributed by atoms with Crippen LogP contribution in [0.4, 0.5) is 10.3 Å². The normalized spacial score (nSPS) is 10.8. The minimum Gasteiger partial charge on any atom is -0.462 e. The van der Waals surface area contributed by atoms with Crippen molar-refractivity contribution in [1.82, 2.24) is 15.0 Å². The predicted molar refractivity (Wildman–Crippen MR) is 124 cm³/mol. The Morgan fingerprint density at radius 2 is 1.84 bits per heavy atom. The summed E-state index contributed by atoms with van der Waals surface area (Å²) in [7, 11) is 0. The maximum Gasteiger partial charge on any atom is 0.350 e. The highest BCUT2D eigenvalue weighted by Gasteiger charge is 2.28. The molecule has 31 heavy (non-hydrogen) atoms. The summed E-state index contributed by atoms with van der Waals surface area (Å²) >= 11 is 4.07. The van der Waals surface area contributed by atoms with Crippen molar-refractivity contribution in [3.63, 3.8) is 0 Å². The van der Waals surface area contributed by atoms with Crippen molar-refractivity contribution >= 4 is 56.1 Å². The number of hydrogen-bond acceptors (Lipinski definition) is 9. The number of thiophene rings is 1. The van der Waals surface area contributed by atoms with Crippen molar-refractivity contribution in [2.24, 2.45) is 0 Å². The molecule has 0 radical (unpaired) electrons. The van der Waals surface area contributed by atoms with Gasteiger partial charge in [0.2, 0.25) is 5.91 Å². The Bertz CT molecular complexity index is 1190. The van der Waals surface area contributed by atoms with E-state index in [0.29, 0.717) is 20.8 Å². The van der Waals surface area contributed by atoms with Crippen LogP contribution in [0.15, 0.2) is 46.7 Å². The highest BCUT2D eigenvalue weighted by molar-refractivity contribution is 7.19. The molecule has 0 spiro atoms. The lowest BCUT2D eigenvalue weighted by Gasteiger charge is -2.15. The minimum absolute atomic E-state index is 0.156. The molecule has 4 aromatic heterocycles. The number of esters is 1. The number of hydrogen-bond donors (Lipinski definition) is 0. The fourth-order valence-corrected chi connectivity index (χ4v) is 5.37. The summed E-state index contributed by atoms with van der Waals surface area (Å²) in [6.45, 7) is 3.78. The van der Waals surface area contributed by atoms with E-state index in [0.717, 1.165) is 28.2 Å². The van der Waals surface area contributed by atoms with E-state index in [1.54, 1.807) is 49.7 Å². The zero-order valence-corrected chi connectivity index (χ0v) is 19.2. The Labute approximate surface area is 191 Å². The molecule has 0 fully saturated rings. The summed E-state index contributed by atoms with van der Waals surface area (Å²) in [5, 5.41) is 6.80. The third-order valence-corrected chi connectivity index (χ3v) is 6.80. The number of thiazole rings is 2. The van der Waals surface area contributed by atoms with Gasteiger partial charge in [-0.15, -0.1) is 11.3 Å². The first-order chi connectivity index (χ1) is 15.1. The maximum absolute atomic E-state index is 12.9. The van der Waals surface area contributed by atoms with Gasteiger partial charge in [0.25, 0.3) is 0 Å². The van der Waals surface area contributed by atoms with Crippen LogP contribution in [0.2, 0.25) is 0 Å². The summed E-state index contributed by atoms with van der Waals surface area (Å²) in [5.41, 5.74) is 2.99. The number of pyridine rings is 1. The third-order valence-electron chi connectivity index (χ3n) is 4.27. The largest absolute Gasteiger partial charge is 0.462 e. The van der Waals surface area contributed by atoms with Gasteiger partial charge in [-0.1, -0.05) is 18.3 Å². The van der Waals surface area contributed by atoms with Crippen LogP contribution in [-0.2, 0) is 9.53 Å². The molecule has 0 N–H and O–H groups in total. The second-order valence-electron chi connectivity index (χ2n) is 6.24. The van der Waals surface area contributed by atoms with Gasteiger partial charge in [-0.05, 0) is 30.5 Å². The molecule has 4 heterocycles. The van der Waals surface area contributed by atoms with Crippen LogP contribution in [0.1, 0.15) is 29.9 Å². The Morgan fingerprint density at radius 3 is 2.52 bits per heavy atom. The molecule has 4 rings (SSSR count). The highest BCUT2D eigenvalue weighted by Crippen LogP contribution is 2.39. The van der Waals surface area contributed by atoms with Crippen molar-refractivity contribution < 1.29 is 14.3 Å². The second kappa shape index (κ2) is 9.46. The molecule has 0 aromatic carbocycles. The first-order valence-electron chi connectivity index (χ1n) is 9.51. The van der Waals surface area contributed by atoms with E-state index >= 15 is 0 Å². The van der Waals surface area contributed by atoms with E-state index in [2.05, 4.69) is 15.0 Å². The number of aromatic nitrogens is 3. The van der Waals surface area contributed by atoms with Crippen LogP contribution < -0.4 is 4.90 Å². The Balaban J connectivity index is 1.81. The zero-order chi connectivity index (χ0) is 21.8. The summed E-state index contributed by atoms with van der Waals surface area (Å²) in [6, 6.07) is 5.52. The number of amides is 1. The van der Waals surface area contributed by atoms with Gasteiger partial charge in [0, 0.05) is 40.7 Å². The van der Waals surface area contributed by atoms with Gasteiger partial charge in [-0.25, -0.2) is 19.7 Å². The molecule has 0 saturated carbocycles. The van der Waals surface area contributed by atoms with Gasteiger partial charge in [0.05, 0.1) is 18.0 Å². The van der Waals surface area contributed by atoms with Crippen LogP contribution in [0.3, 0.4) is 0 Å². The van der Waals surface area contributed by atoms with E-state index in [4.69, 9.17) is 4.74 Å². The van der Waals surface area contributed by atoms with Gasteiger partial charge < -0.3 is 4.74 Å². The first kappa shape index (κ1) is 21.3. The number of nitrogens with zero attached hydrogens (tertiary/aromatic N) is 4. The molecule has 1 amide bonds. The average molecular weight is 471 g/mol. The smallest absolute Gasteiger partial charge is 0.350 e. The van der Waals surface area contributed by atoms with Crippen molar-refractivity contribution in [3.8, 4) is 22.5 Å². The molecule has 4 aromatic rings. The summed E-state index contributed by atoms with van der Waals surface area (Å²) < 4.78 is 5.23. The molecule has 0 aliphatic heterocycles. The fraction of sp³-hybridized carbons (Fsp3) is 0.190. The van der Waals surface area contributed by atoms with Crippen molar-refractivity contribution in [2.75, 3.05) is 11.5 Å². The number of ether oxygens (including phenoxy) is 1. The van der Waals surface area contributed by atoms with Crippen LogP contribution in [-0.4, -0.2) is 33.4 Å². The number of carbonyl (C=O) groups excluding carboxylic acids is 2. The van der Waals surface area contributed by atoms with Crippen LogP contribution in [0.5, 0.6) is 0 Å². The van der Waals surface area contributed by atoms with Crippen LogP contribution >= 0.6 is 34.0 Å². The number of carbonyl (C=O) groups is 2. The second-order valence-corrected chi connectivity index (χ2v) is 8.83. The highest BCUT2D eigenvalue weighted by atomic mass is 32.1. The molecule has 158 valence electrons. The monoisotopic (exact) mass is 470 g/mol. The van der Waals surface area contributed by atoms with Gasteiger partial charge >= 0.3 is 5.97 Å². The third kappa shape index (κ3) is 4.41. The Kier molecular flexibility index (Phi) is 6.50. The number of anilines is 2. The molecular formula is C21H18N4O3S3. The Morgan fingerprint density at radius 1 is 1.03 bits per heavy atom. The standard InChI is InChI=1S/C21H18N4O3S3/c1-3-16(26)25(20-23-15(12-30-20)14-7-10-29-11-14)21-24-17(13-5-8-22-9-6-13)18(31-21)19(27)28-4-2/h5-12H,3-4H2,1-2H3. The van der Waals surface area contributed by atoms with Crippen molar-refractivity contribution in [3.05, 3.63) is 51.6 Å². The maximum atomic E-state index is 12.9. The van der Waals surface area contributed by atoms with Crippen LogP contribution in [0, 0.1) is 0 Å². The molecule has 0 unspecified atom stereocenters. The van der Waals surface area contributed by atoms with Gasteiger partial charge in [0.1, 0.15) is 4.88 Å². The lowest BCUT2D eigenvalue weighted by Crippen LogP contribution is -2.24. The predicted octanol–water partition coefficient (Wildman–Crippen LogP) is 5.64. The molecule has 0 saturated heterocycles. The molecule has 7 nitrogen and oxygen atoms in total. The summed E-state index contributed by atoms with van der Waals surface area (Å²) in [6.07, 6.45) is 3.53. The minimum atomic E-state index is -0.472. The zero-order valence-electron chi connectivity index (χ0n) is 16.8. The topological polar surface area (TPSA) is 85.3 Å². The van der Waals surface area contributed by atoms with E-state index in [1.807, 2.05) is 22.2 Å². The summed E-state index contributed by atoms with van der Waals surface area (Å²) in [4.78, 5) is 40.7. The van der Waals surface area contributed by atoms with Crippen LogP contribution in [0.25, 0.3) is 22.5 Å². The SMILES string of the molecule is CCOC(=O)c1sc(N(C(=O)CC)c2nc(-c3ccsc3)cs2)nc1-c1ccncc1. The van der Waals surface area contributed by atoms with E-state index in [-0.39, 0.29) is 18.9 Å². The Hall–Kier alpha value is -2.95. The van der Waals surface area contributed by atoms with E-state index < -0.39 is 5.97 Å². The summed E-state index contributed by atoms with van der Waals surface area (Å²) in [5.74, 6) is -0.628. The van der Waals surface area contributed by atoms with Crippen molar-refractivity contribution in [1.29, 1.82) is 0 Å². The average Bonchev–Trinajstić information content (AvgIpc) is 3.55. The lowest BCUT2D eigenvalue weighted by molar-refractivity contribution is -0.117. The first-order valence-corrected chi connectivity index (χ1v) is 12.2. The van der Waals surface area contributed by atoms with Gasteiger partial charge in [-0.2, -0.15) is 11.3 Å². The molecular weight excluding hydrogens is 452 g/mol. The fourth-order valence-electron chi connectivity index (χ4n) is 2.81. The molecule has 10 heteroatoms. The molecule has 0 aliphatic carbocycles. The van der Waals surface area contributed by atoms with E-state index in [9.17, 15) is 9.59 Å². The molecule has 0 atom stereocenters. The number of rotatable bonds is 7. The van der Waals surface area contributed by atoms with Gasteiger partial charge in [0.15, 0.2) is 10.3 Å². The van der Waals surface area contributed by atoms with Gasteiger partial charge in [-0.3, -0.25) is 9.78 Å². The lowest BCUT2D eigenvalue weighted by atomic mass is 10.2. The molecule has 0 bridgehead atoms.